The van der Waals surface area contributed by atoms with E-state index in [0.717, 1.165) is 11.8 Å². The third-order valence-electron chi connectivity index (χ3n) is 3.97. The molecule has 0 saturated carbocycles. The van der Waals surface area contributed by atoms with E-state index in [1.54, 1.807) is 0 Å². The monoisotopic (exact) mass is 210 g/mol. The average Bonchev–Trinajstić information content (AvgIpc) is 2.60. The topological polar surface area (TPSA) is 15.3 Å². The largest absolute Gasteiger partial charge is 0.316 e. The Kier molecular flexibility index (Phi) is 3.36. The van der Waals surface area contributed by atoms with Crippen molar-refractivity contribution in [2.75, 3.05) is 32.7 Å². The van der Waals surface area contributed by atoms with Crippen LogP contribution in [0.4, 0.5) is 0 Å². The van der Waals surface area contributed by atoms with E-state index in [9.17, 15) is 0 Å². The van der Waals surface area contributed by atoms with Crippen LogP contribution >= 0.6 is 0 Å². The van der Waals surface area contributed by atoms with Crippen LogP contribution < -0.4 is 5.32 Å². The highest BCUT2D eigenvalue weighted by Crippen LogP contribution is 2.27. The average molecular weight is 210 g/mol. The molecular weight excluding hydrogens is 184 g/mol. The van der Waals surface area contributed by atoms with E-state index >= 15 is 0 Å². The molecule has 2 aliphatic heterocycles. The quantitative estimate of drug-likeness (QED) is 0.749. The molecule has 2 rings (SSSR count). The number of hydrogen-bond acceptors (Lipinski definition) is 2. The summed E-state index contributed by atoms with van der Waals surface area (Å²) in [7, 11) is 0. The number of likely N-dealkylation sites (tertiary alicyclic amines) is 1. The number of rotatable bonds is 2. The molecule has 88 valence electrons. The molecule has 0 spiro atoms. The van der Waals surface area contributed by atoms with E-state index in [4.69, 9.17) is 0 Å². The normalized spacial score (nSPS) is 33.0. The molecular formula is C13H26N2. The third kappa shape index (κ3) is 3.18. The highest BCUT2D eigenvalue weighted by molar-refractivity contribution is 4.88. The summed E-state index contributed by atoms with van der Waals surface area (Å²) in [5, 5.41) is 3.53. The van der Waals surface area contributed by atoms with Gasteiger partial charge in [-0.3, -0.25) is 0 Å². The second-order valence-corrected chi connectivity index (χ2v) is 6.58. The minimum absolute atomic E-state index is 0.491. The summed E-state index contributed by atoms with van der Waals surface area (Å²) < 4.78 is 0. The van der Waals surface area contributed by atoms with Gasteiger partial charge in [-0.2, -0.15) is 0 Å². The lowest BCUT2D eigenvalue weighted by atomic mass is 9.87. The minimum Gasteiger partial charge on any atom is -0.316 e. The molecule has 0 bridgehead atoms. The van der Waals surface area contributed by atoms with Crippen molar-refractivity contribution < 1.29 is 0 Å². The molecule has 2 nitrogen and oxygen atoms in total. The van der Waals surface area contributed by atoms with Crippen molar-refractivity contribution >= 4 is 0 Å². The molecule has 2 fully saturated rings. The van der Waals surface area contributed by atoms with Gasteiger partial charge in [0.25, 0.3) is 0 Å². The molecule has 2 aliphatic rings. The first kappa shape index (κ1) is 11.4. The first-order valence-corrected chi connectivity index (χ1v) is 6.48. The molecule has 0 amide bonds. The molecule has 2 heterocycles. The Bertz CT molecular complexity index is 207. The van der Waals surface area contributed by atoms with Crippen molar-refractivity contribution in [1.82, 2.24) is 10.2 Å². The second-order valence-electron chi connectivity index (χ2n) is 6.58. The van der Waals surface area contributed by atoms with E-state index in [0.29, 0.717) is 5.41 Å². The number of fused-ring (bicyclic) bond motifs is 1. The Morgan fingerprint density at radius 1 is 1.20 bits per heavy atom. The standard InChI is InChI=1S/C13H26N2/c1-13(2,3)5-7-15-6-4-11-8-14-9-12(11)10-15/h11-12,14H,4-10H2,1-3H3. The highest BCUT2D eigenvalue weighted by atomic mass is 15.1. The Balaban J connectivity index is 1.75. The molecule has 0 aromatic heterocycles. The SMILES string of the molecule is CC(C)(C)CCN1CCC2CNCC2C1. The van der Waals surface area contributed by atoms with E-state index in [-0.39, 0.29) is 0 Å². The smallest absolute Gasteiger partial charge is 0.00249 e. The predicted molar refractivity (Wildman–Crippen MR) is 65.0 cm³/mol. The van der Waals surface area contributed by atoms with Crippen molar-refractivity contribution in [3.63, 3.8) is 0 Å². The molecule has 2 heteroatoms. The van der Waals surface area contributed by atoms with Crippen molar-refractivity contribution in [3.05, 3.63) is 0 Å². The van der Waals surface area contributed by atoms with Crippen molar-refractivity contribution in [3.8, 4) is 0 Å². The molecule has 0 aliphatic carbocycles. The second kappa shape index (κ2) is 4.42. The maximum absolute atomic E-state index is 3.53. The lowest BCUT2D eigenvalue weighted by Gasteiger charge is -2.35. The van der Waals surface area contributed by atoms with Crippen molar-refractivity contribution in [1.29, 1.82) is 0 Å². The molecule has 2 unspecified atom stereocenters. The van der Waals surface area contributed by atoms with Gasteiger partial charge in [-0.25, -0.2) is 0 Å². The van der Waals surface area contributed by atoms with Gasteiger partial charge in [0.2, 0.25) is 0 Å². The summed E-state index contributed by atoms with van der Waals surface area (Å²) in [5.74, 6) is 1.93. The van der Waals surface area contributed by atoms with E-state index in [1.807, 2.05) is 0 Å². The van der Waals surface area contributed by atoms with Crippen LogP contribution in [0.1, 0.15) is 33.6 Å². The summed E-state index contributed by atoms with van der Waals surface area (Å²) in [6, 6.07) is 0. The maximum Gasteiger partial charge on any atom is 0.00249 e. The van der Waals surface area contributed by atoms with Gasteiger partial charge in [0.1, 0.15) is 0 Å². The minimum atomic E-state index is 0.491. The Morgan fingerprint density at radius 2 is 1.93 bits per heavy atom. The van der Waals surface area contributed by atoms with Crippen LogP contribution in [0.5, 0.6) is 0 Å². The van der Waals surface area contributed by atoms with Gasteiger partial charge in [-0.05, 0) is 56.3 Å². The first-order valence-electron chi connectivity index (χ1n) is 6.48. The molecule has 2 atom stereocenters. The van der Waals surface area contributed by atoms with Crippen LogP contribution in [0.25, 0.3) is 0 Å². The summed E-state index contributed by atoms with van der Waals surface area (Å²) in [4.78, 5) is 2.68. The van der Waals surface area contributed by atoms with Crippen LogP contribution in [0.3, 0.4) is 0 Å². The third-order valence-corrected chi connectivity index (χ3v) is 3.97. The lowest BCUT2D eigenvalue weighted by Crippen LogP contribution is -2.41. The van der Waals surface area contributed by atoms with Crippen molar-refractivity contribution in [2.24, 2.45) is 17.3 Å². The van der Waals surface area contributed by atoms with Gasteiger partial charge in [-0.1, -0.05) is 20.8 Å². The fraction of sp³-hybridized carbons (Fsp3) is 1.00. The van der Waals surface area contributed by atoms with Gasteiger partial charge in [0, 0.05) is 6.54 Å². The number of nitrogens with one attached hydrogen (secondary N) is 1. The van der Waals surface area contributed by atoms with Gasteiger partial charge in [0.15, 0.2) is 0 Å². The highest BCUT2D eigenvalue weighted by Gasteiger charge is 2.32. The summed E-state index contributed by atoms with van der Waals surface area (Å²) in [6.45, 7) is 13.5. The van der Waals surface area contributed by atoms with Gasteiger partial charge in [-0.15, -0.1) is 0 Å². The number of piperidine rings is 1. The summed E-state index contributed by atoms with van der Waals surface area (Å²) in [6.07, 6.45) is 2.75. The van der Waals surface area contributed by atoms with Gasteiger partial charge >= 0.3 is 0 Å². The molecule has 0 aromatic carbocycles. The summed E-state index contributed by atoms with van der Waals surface area (Å²) in [5.41, 5.74) is 0.491. The zero-order valence-electron chi connectivity index (χ0n) is 10.6. The van der Waals surface area contributed by atoms with Crippen molar-refractivity contribution in [2.45, 2.75) is 33.6 Å². The van der Waals surface area contributed by atoms with Crippen LogP contribution in [0, 0.1) is 17.3 Å². The Morgan fingerprint density at radius 3 is 2.67 bits per heavy atom. The Hall–Kier alpha value is -0.0800. The maximum atomic E-state index is 3.53. The van der Waals surface area contributed by atoms with Crippen LogP contribution in [0.15, 0.2) is 0 Å². The predicted octanol–water partition coefficient (Wildman–Crippen LogP) is 1.96. The molecule has 0 aromatic rings. The molecule has 15 heavy (non-hydrogen) atoms. The zero-order chi connectivity index (χ0) is 10.9. The molecule has 1 N–H and O–H groups in total. The van der Waals surface area contributed by atoms with Gasteiger partial charge in [0.05, 0.1) is 0 Å². The van der Waals surface area contributed by atoms with Crippen LogP contribution in [-0.4, -0.2) is 37.6 Å². The fourth-order valence-electron chi connectivity index (χ4n) is 2.81. The zero-order valence-corrected chi connectivity index (χ0v) is 10.6. The van der Waals surface area contributed by atoms with E-state index < -0.39 is 0 Å². The van der Waals surface area contributed by atoms with Crippen LogP contribution in [-0.2, 0) is 0 Å². The summed E-state index contributed by atoms with van der Waals surface area (Å²) >= 11 is 0. The lowest BCUT2D eigenvalue weighted by molar-refractivity contribution is 0.133. The van der Waals surface area contributed by atoms with Gasteiger partial charge < -0.3 is 10.2 Å². The Labute approximate surface area is 94.4 Å². The molecule has 2 saturated heterocycles. The number of nitrogens with zero attached hydrogens (tertiary/aromatic N) is 1. The fourth-order valence-corrected chi connectivity index (χ4v) is 2.81. The van der Waals surface area contributed by atoms with Crippen LogP contribution in [0.2, 0.25) is 0 Å². The first-order chi connectivity index (χ1) is 7.04. The van der Waals surface area contributed by atoms with E-state index in [2.05, 4.69) is 31.0 Å². The van der Waals surface area contributed by atoms with E-state index in [1.165, 1.54) is 45.6 Å². The molecule has 0 radical (unpaired) electrons. The number of hydrogen-bond donors (Lipinski definition) is 1.